The second-order valence-corrected chi connectivity index (χ2v) is 7.03. The van der Waals surface area contributed by atoms with Gasteiger partial charge in [-0.1, -0.05) is 27.5 Å². The fourth-order valence-corrected chi connectivity index (χ4v) is 2.68. The first kappa shape index (κ1) is 16.0. The molecule has 0 aliphatic heterocycles. The van der Waals surface area contributed by atoms with Gasteiger partial charge in [-0.05, 0) is 42.5 Å². The van der Waals surface area contributed by atoms with Gasteiger partial charge in [-0.2, -0.15) is 0 Å². The highest BCUT2D eigenvalue weighted by Gasteiger charge is 2.12. The number of halogens is 2. The summed E-state index contributed by atoms with van der Waals surface area (Å²) in [6.45, 7) is 0. The summed E-state index contributed by atoms with van der Waals surface area (Å²) in [6.07, 6.45) is 0. The number of rotatable bonds is 3. The number of hydrogen-bond donors (Lipinski definition) is 2. The van der Waals surface area contributed by atoms with Crippen LogP contribution in [0.3, 0.4) is 0 Å². The van der Waals surface area contributed by atoms with Crippen molar-refractivity contribution < 1.29 is 13.2 Å². The lowest BCUT2D eigenvalue weighted by Gasteiger charge is -2.08. The van der Waals surface area contributed by atoms with Gasteiger partial charge in [-0.3, -0.25) is 4.79 Å². The molecule has 2 rings (SSSR count). The number of anilines is 1. The average Bonchev–Trinajstić information content (AvgIpc) is 2.41. The van der Waals surface area contributed by atoms with Gasteiger partial charge in [0.2, 0.25) is 10.0 Å². The number of primary sulfonamides is 1. The Hall–Kier alpha value is -1.41. The van der Waals surface area contributed by atoms with Crippen molar-refractivity contribution in [2.24, 2.45) is 5.14 Å². The Morgan fingerprint density at radius 2 is 1.76 bits per heavy atom. The molecule has 3 N–H and O–H groups in total. The van der Waals surface area contributed by atoms with Crippen molar-refractivity contribution in [1.29, 1.82) is 0 Å². The maximum Gasteiger partial charge on any atom is 0.257 e. The molecular formula is C13H10BrClN2O3S. The van der Waals surface area contributed by atoms with Crippen molar-refractivity contribution in [3.8, 4) is 0 Å². The molecule has 0 saturated carbocycles. The smallest absolute Gasteiger partial charge is 0.257 e. The number of nitrogens with one attached hydrogen (secondary N) is 1. The van der Waals surface area contributed by atoms with Crippen LogP contribution in [0.1, 0.15) is 10.4 Å². The van der Waals surface area contributed by atoms with E-state index in [0.717, 1.165) is 4.47 Å². The predicted molar refractivity (Wildman–Crippen MR) is 84.9 cm³/mol. The molecule has 21 heavy (non-hydrogen) atoms. The van der Waals surface area contributed by atoms with E-state index < -0.39 is 15.9 Å². The minimum atomic E-state index is -3.75. The Kier molecular flexibility index (Phi) is 4.67. The molecule has 1 amide bonds. The molecule has 0 spiro atoms. The third-order valence-corrected chi connectivity index (χ3v) is 4.37. The third-order valence-electron chi connectivity index (χ3n) is 2.61. The lowest BCUT2D eigenvalue weighted by Crippen LogP contribution is -2.14. The molecule has 2 aromatic rings. The summed E-state index contributed by atoms with van der Waals surface area (Å²) in [5.41, 5.74) is 0.741. The van der Waals surface area contributed by atoms with Gasteiger partial charge in [0.25, 0.3) is 5.91 Å². The molecule has 0 unspecified atom stereocenters. The van der Waals surface area contributed by atoms with E-state index in [1.54, 1.807) is 18.2 Å². The van der Waals surface area contributed by atoms with E-state index in [1.165, 1.54) is 24.3 Å². The maximum absolute atomic E-state index is 12.1. The van der Waals surface area contributed by atoms with E-state index in [2.05, 4.69) is 21.2 Å². The van der Waals surface area contributed by atoms with Gasteiger partial charge < -0.3 is 5.32 Å². The topological polar surface area (TPSA) is 89.3 Å². The molecule has 2 aromatic carbocycles. The highest BCUT2D eigenvalue weighted by Crippen LogP contribution is 2.22. The lowest BCUT2D eigenvalue weighted by atomic mass is 10.2. The van der Waals surface area contributed by atoms with Crippen molar-refractivity contribution in [2.45, 2.75) is 4.90 Å². The predicted octanol–water partition coefficient (Wildman–Crippen LogP) is 3.00. The van der Waals surface area contributed by atoms with Crippen LogP contribution in [0.2, 0.25) is 5.02 Å². The Labute approximate surface area is 135 Å². The Bertz CT molecular complexity index is 792. The van der Waals surface area contributed by atoms with E-state index in [9.17, 15) is 13.2 Å². The van der Waals surface area contributed by atoms with Gasteiger partial charge in [0.15, 0.2) is 0 Å². The largest absolute Gasteiger partial charge is 0.322 e. The van der Waals surface area contributed by atoms with E-state index in [-0.39, 0.29) is 4.90 Å². The van der Waals surface area contributed by atoms with Crippen LogP contribution < -0.4 is 10.5 Å². The normalized spacial score (nSPS) is 11.2. The Morgan fingerprint density at radius 3 is 2.33 bits per heavy atom. The number of sulfonamides is 1. The summed E-state index contributed by atoms with van der Waals surface area (Å²) >= 11 is 9.23. The van der Waals surface area contributed by atoms with Crippen LogP contribution in [0, 0.1) is 0 Å². The fourth-order valence-electron chi connectivity index (χ4n) is 1.60. The summed E-state index contributed by atoms with van der Waals surface area (Å²) in [4.78, 5) is 12.1. The number of carbonyl (C=O) groups is 1. The second-order valence-electron chi connectivity index (χ2n) is 4.15. The summed E-state index contributed by atoms with van der Waals surface area (Å²) in [7, 11) is -3.75. The van der Waals surface area contributed by atoms with Crippen molar-refractivity contribution in [3.05, 3.63) is 57.5 Å². The van der Waals surface area contributed by atoms with Crippen LogP contribution in [-0.4, -0.2) is 14.3 Å². The molecule has 0 saturated heterocycles. The van der Waals surface area contributed by atoms with Crippen LogP contribution >= 0.6 is 27.5 Å². The molecule has 0 aromatic heterocycles. The van der Waals surface area contributed by atoms with Gasteiger partial charge in [0.05, 0.1) is 15.5 Å². The first-order valence-electron chi connectivity index (χ1n) is 5.66. The lowest BCUT2D eigenvalue weighted by molar-refractivity contribution is 0.102. The van der Waals surface area contributed by atoms with Gasteiger partial charge in [0.1, 0.15) is 0 Å². The quantitative estimate of drug-likeness (QED) is 0.845. The Balaban J connectivity index is 2.22. The fraction of sp³-hybridized carbons (Fsp3) is 0. The number of carbonyl (C=O) groups excluding carboxylic acids is 1. The van der Waals surface area contributed by atoms with Crippen molar-refractivity contribution >= 4 is 49.1 Å². The summed E-state index contributed by atoms with van der Waals surface area (Å²) in [5, 5.41) is 7.94. The molecule has 0 atom stereocenters. The number of hydrogen-bond acceptors (Lipinski definition) is 3. The van der Waals surface area contributed by atoms with Crippen LogP contribution in [0.15, 0.2) is 51.8 Å². The summed E-state index contributed by atoms with van der Waals surface area (Å²) in [6, 6.07) is 10.4. The van der Waals surface area contributed by atoms with E-state index in [0.29, 0.717) is 16.3 Å². The molecular weight excluding hydrogens is 380 g/mol. The van der Waals surface area contributed by atoms with Gasteiger partial charge >= 0.3 is 0 Å². The number of nitrogens with two attached hydrogens (primary N) is 1. The van der Waals surface area contributed by atoms with E-state index >= 15 is 0 Å². The minimum absolute atomic E-state index is 0.0269. The standard InChI is InChI=1S/C13H10BrClN2O3S/c14-8-1-6-12(15)11(7-8)13(18)17-9-2-4-10(5-3-9)21(16,19)20/h1-7H,(H,17,18)(H2,16,19,20). The molecule has 0 aliphatic carbocycles. The zero-order chi connectivity index (χ0) is 15.6. The molecule has 0 bridgehead atoms. The average molecular weight is 390 g/mol. The highest BCUT2D eigenvalue weighted by atomic mass is 79.9. The van der Waals surface area contributed by atoms with Gasteiger partial charge in [0, 0.05) is 10.2 Å². The van der Waals surface area contributed by atoms with Gasteiger partial charge in [-0.15, -0.1) is 0 Å². The number of benzene rings is 2. The molecule has 0 radical (unpaired) electrons. The SMILES string of the molecule is NS(=O)(=O)c1ccc(NC(=O)c2cc(Br)ccc2Cl)cc1. The monoisotopic (exact) mass is 388 g/mol. The zero-order valence-electron chi connectivity index (χ0n) is 10.5. The molecule has 8 heteroatoms. The molecule has 5 nitrogen and oxygen atoms in total. The molecule has 0 fully saturated rings. The maximum atomic E-state index is 12.1. The summed E-state index contributed by atoms with van der Waals surface area (Å²) in [5.74, 6) is -0.398. The second kappa shape index (κ2) is 6.15. The van der Waals surface area contributed by atoms with Crippen molar-refractivity contribution in [2.75, 3.05) is 5.32 Å². The van der Waals surface area contributed by atoms with Crippen LogP contribution in [0.5, 0.6) is 0 Å². The first-order chi connectivity index (χ1) is 9.77. The van der Waals surface area contributed by atoms with E-state index in [4.69, 9.17) is 16.7 Å². The third kappa shape index (κ3) is 4.04. The van der Waals surface area contributed by atoms with E-state index in [1.807, 2.05) is 0 Å². The van der Waals surface area contributed by atoms with Crippen molar-refractivity contribution in [1.82, 2.24) is 0 Å². The number of amides is 1. The minimum Gasteiger partial charge on any atom is -0.322 e. The first-order valence-corrected chi connectivity index (χ1v) is 8.38. The van der Waals surface area contributed by atoms with Crippen LogP contribution in [0.25, 0.3) is 0 Å². The van der Waals surface area contributed by atoms with Crippen LogP contribution in [0.4, 0.5) is 5.69 Å². The molecule has 0 heterocycles. The highest BCUT2D eigenvalue weighted by molar-refractivity contribution is 9.10. The van der Waals surface area contributed by atoms with Gasteiger partial charge in [-0.25, -0.2) is 13.6 Å². The van der Waals surface area contributed by atoms with Crippen molar-refractivity contribution in [3.63, 3.8) is 0 Å². The molecule has 0 aliphatic rings. The molecule has 110 valence electrons. The zero-order valence-corrected chi connectivity index (χ0v) is 13.7. The summed E-state index contributed by atoms with van der Waals surface area (Å²) < 4.78 is 23.0. The van der Waals surface area contributed by atoms with Crippen LogP contribution in [-0.2, 0) is 10.0 Å². The Morgan fingerprint density at radius 1 is 1.14 bits per heavy atom.